The molecule has 0 saturated carbocycles. The summed E-state index contributed by atoms with van der Waals surface area (Å²) in [6.45, 7) is 3.20. The Labute approximate surface area is 221 Å². The number of benzene rings is 1. The van der Waals surface area contributed by atoms with Crippen molar-refractivity contribution in [1.82, 2.24) is 9.47 Å². The lowest BCUT2D eigenvalue weighted by Crippen LogP contribution is -2.26. The van der Waals surface area contributed by atoms with Gasteiger partial charge in [0, 0.05) is 24.0 Å². The molecule has 0 unspecified atom stereocenters. The van der Waals surface area contributed by atoms with Crippen LogP contribution in [0.15, 0.2) is 54.6 Å². The minimum Gasteiger partial charge on any atom is -0.303 e. The summed E-state index contributed by atoms with van der Waals surface area (Å²) in [5.74, 6) is -0.253. The molecule has 192 valence electrons. The summed E-state index contributed by atoms with van der Waals surface area (Å²) in [5.41, 5.74) is 0.730. The number of carbonyl (C=O) groups excluding carboxylic acids is 1. The maximum absolute atomic E-state index is 13.4. The first-order valence-electron chi connectivity index (χ1n) is 16.4. The van der Waals surface area contributed by atoms with Gasteiger partial charge in [-0.05, 0) is 83.0 Å². The van der Waals surface area contributed by atoms with Crippen molar-refractivity contribution in [1.29, 1.82) is 0 Å². The van der Waals surface area contributed by atoms with Gasteiger partial charge in [0.2, 0.25) is 5.91 Å². The second-order valence-electron chi connectivity index (χ2n) is 10.0. The van der Waals surface area contributed by atoms with Gasteiger partial charge in [0.15, 0.2) is 0 Å². The number of carbonyl (C=O) groups is 1. The zero-order chi connectivity index (χ0) is 29.1. The Hall–Kier alpha value is -2.13. The Kier molecular flexibility index (Phi) is 9.47. The maximum Gasteiger partial charge on any atom is 0.231 e. The summed E-state index contributed by atoms with van der Waals surface area (Å²) in [6, 6.07) is -0.839. The van der Waals surface area contributed by atoms with Crippen LogP contribution in [0.1, 0.15) is 114 Å². The smallest absolute Gasteiger partial charge is 0.231 e. The molecule has 1 fully saturated rings. The Morgan fingerprint density at radius 1 is 1.00 bits per heavy atom. The van der Waals surface area contributed by atoms with Gasteiger partial charge in [-0.1, -0.05) is 81.5 Å². The first kappa shape index (κ1) is 21.0. The highest BCUT2D eigenvalue weighted by molar-refractivity contribution is 5.94. The predicted molar refractivity (Wildman–Crippen MR) is 151 cm³/mol. The number of likely N-dealkylation sites (tertiary alicyclic amines) is 1. The number of allylic oxidation sites excluding steroid dienone is 4. The molecular formula is C32H48N2O. The third-order valence-electron chi connectivity index (χ3n) is 7.14. The lowest BCUT2D eigenvalue weighted by molar-refractivity contribution is 0.0904. The van der Waals surface area contributed by atoms with E-state index in [-0.39, 0.29) is 54.2 Å². The fourth-order valence-electron chi connectivity index (χ4n) is 4.95. The summed E-state index contributed by atoms with van der Waals surface area (Å²) < 4.78 is 43.6. The van der Waals surface area contributed by atoms with Gasteiger partial charge in [0.1, 0.15) is 0 Å². The summed E-state index contributed by atoms with van der Waals surface area (Å²) in [7, 11) is 2.05. The number of fused-ring (bicyclic) bond motifs is 1. The van der Waals surface area contributed by atoms with E-state index in [4.69, 9.17) is 6.85 Å². The van der Waals surface area contributed by atoms with E-state index in [1.165, 1.54) is 30.3 Å². The highest BCUT2D eigenvalue weighted by Crippen LogP contribution is 2.27. The van der Waals surface area contributed by atoms with Crippen LogP contribution in [-0.4, -0.2) is 35.0 Å². The number of hydrogen-bond donors (Lipinski definition) is 0. The van der Waals surface area contributed by atoms with E-state index in [0.29, 0.717) is 23.8 Å². The largest absolute Gasteiger partial charge is 0.303 e. The lowest BCUT2D eigenvalue weighted by atomic mass is 10.0. The molecule has 2 aromatic rings. The Balaban J connectivity index is 1.54. The predicted octanol–water partition coefficient (Wildman–Crippen LogP) is 8.73. The van der Waals surface area contributed by atoms with Crippen LogP contribution in [0.2, 0.25) is 0 Å². The van der Waals surface area contributed by atoms with Gasteiger partial charge in [0.05, 0.1) is 12.4 Å². The molecule has 0 amide bonds. The van der Waals surface area contributed by atoms with Crippen molar-refractivity contribution < 1.29 is 11.6 Å². The summed E-state index contributed by atoms with van der Waals surface area (Å²) in [5, 5.41) is 0.338. The lowest BCUT2D eigenvalue weighted by Gasteiger charge is -2.18. The number of nitrogens with zero attached hydrogens (tertiary/aromatic N) is 2. The SMILES string of the molecule is [2H]c1c([2H])c([2H])c2c(c1[2H])c(C[C@H]1CCCN1C)c([2H])n2C(=O)CCCCCCC/C=C\C/C=C\CCCCC. The van der Waals surface area contributed by atoms with Gasteiger partial charge in [-0.15, -0.1) is 0 Å². The molecule has 1 aliphatic rings. The van der Waals surface area contributed by atoms with Crippen molar-refractivity contribution in [3.8, 4) is 0 Å². The molecule has 3 rings (SSSR count). The molecule has 3 nitrogen and oxygen atoms in total. The van der Waals surface area contributed by atoms with Crippen molar-refractivity contribution >= 4 is 16.8 Å². The summed E-state index contributed by atoms with van der Waals surface area (Å²) >= 11 is 0. The van der Waals surface area contributed by atoms with E-state index < -0.39 is 0 Å². The molecule has 1 atom stereocenters. The highest BCUT2D eigenvalue weighted by atomic mass is 16.2. The van der Waals surface area contributed by atoms with E-state index >= 15 is 0 Å². The minimum atomic E-state index is -0.356. The fraction of sp³-hybridized carbons (Fsp3) is 0.594. The topological polar surface area (TPSA) is 25.2 Å². The van der Waals surface area contributed by atoms with Crippen LogP contribution in [-0.2, 0) is 6.42 Å². The first-order valence-corrected chi connectivity index (χ1v) is 13.9. The van der Waals surface area contributed by atoms with Crippen molar-refractivity contribution in [2.24, 2.45) is 0 Å². The maximum atomic E-state index is 13.4. The van der Waals surface area contributed by atoms with Crippen LogP contribution < -0.4 is 0 Å². The van der Waals surface area contributed by atoms with Crippen LogP contribution in [0.25, 0.3) is 10.9 Å². The van der Waals surface area contributed by atoms with Crippen LogP contribution >= 0.6 is 0 Å². The van der Waals surface area contributed by atoms with E-state index in [2.05, 4.69) is 36.1 Å². The van der Waals surface area contributed by atoms with Crippen LogP contribution in [0.4, 0.5) is 0 Å². The Morgan fingerprint density at radius 2 is 1.71 bits per heavy atom. The van der Waals surface area contributed by atoms with Crippen molar-refractivity contribution in [3.63, 3.8) is 0 Å². The molecule has 0 aliphatic carbocycles. The molecule has 1 saturated heterocycles. The van der Waals surface area contributed by atoms with E-state index in [1.54, 1.807) is 0 Å². The monoisotopic (exact) mass is 481 g/mol. The summed E-state index contributed by atoms with van der Waals surface area (Å²) in [6.07, 6.45) is 24.0. The number of aromatic nitrogens is 1. The average molecular weight is 482 g/mol. The van der Waals surface area contributed by atoms with Crippen LogP contribution in [0, 0.1) is 0 Å². The molecule has 3 heteroatoms. The third kappa shape index (κ3) is 9.11. The average Bonchev–Trinajstić information content (AvgIpc) is 3.48. The molecule has 1 aliphatic heterocycles. The molecule has 0 N–H and O–H groups in total. The number of likely N-dealkylation sites (N-methyl/N-ethyl adjacent to an activating group) is 1. The van der Waals surface area contributed by atoms with Crippen molar-refractivity contribution in [2.45, 2.75) is 109 Å². The van der Waals surface area contributed by atoms with Crippen molar-refractivity contribution in [2.75, 3.05) is 13.6 Å². The second kappa shape index (κ2) is 15.8. The van der Waals surface area contributed by atoms with Gasteiger partial charge in [-0.3, -0.25) is 9.36 Å². The fourth-order valence-corrected chi connectivity index (χ4v) is 4.95. The van der Waals surface area contributed by atoms with Crippen molar-refractivity contribution in [3.05, 3.63) is 60.2 Å². The van der Waals surface area contributed by atoms with Gasteiger partial charge < -0.3 is 4.90 Å². The zero-order valence-corrected chi connectivity index (χ0v) is 22.0. The number of rotatable bonds is 16. The molecule has 1 aromatic carbocycles. The number of unbranched alkanes of at least 4 members (excludes halogenated alkanes) is 8. The first-order chi connectivity index (χ1) is 19.3. The summed E-state index contributed by atoms with van der Waals surface area (Å²) in [4.78, 5) is 15.6. The van der Waals surface area contributed by atoms with E-state index in [1.807, 2.05) is 7.05 Å². The standard InChI is InChI=1S/C32H48N2O/c1-3-4-5-6-7-8-9-10-11-12-13-14-15-16-17-24-32(35)34-27-28(26-29-21-20-25-33(29)2)30-22-18-19-23-31(30)34/h7-8,10-11,18-19,22-23,27,29H,3-6,9,12-17,20-21,24-26H2,1-2H3/b8-7-,11-10-/t29-/m1/s1/i18D,19D,22D,23D,27D. The Morgan fingerprint density at radius 3 is 2.46 bits per heavy atom. The zero-order valence-electron chi connectivity index (χ0n) is 27.0. The Bertz CT molecular complexity index is 1190. The third-order valence-corrected chi connectivity index (χ3v) is 7.14. The van der Waals surface area contributed by atoms with E-state index in [0.717, 1.165) is 57.9 Å². The highest BCUT2D eigenvalue weighted by Gasteiger charge is 2.23. The van der Waals surface area contributed by atoms with Crippen LogP contribution in [0.5, 0.6) is 0 Å². The number of para-hydroxylation sites is 1. The molecule has 0 radical (unpaired) electrons. The molecular weight excluding hydrogens is 428 g/mol. The van der Waals surface area contributed by atoms with Gasteiger partial charge in [-0.25, -0.2) is 0 Å². The van der Waals surface area contributed by atoms with Gasteiger partial charge in [-0.2, -0.15) is 0 Å². The normalized spacial score (nSPS) is 18.9. The molecule has 1 aromatic heterocycles. The van der Waals surface area contributed by atoms with Crippen LogP contribution in [0.3, 0.4) is 0 Å². The molecule has 2 heterocycles. The van der Waals surface area contributed by atoms with Gasteiger partial charge >= 0.3 is 0 Å². The molecule has 0 bridgehead atoms. The minimum absolute atomic E-state index is 0.0230. The molecule has 35 heavy (non-hydrogen) atoms. The number of hydrogen-bond acceptors (Lipinski definition) is 2. The quantitative estimate of drug-likeness (QED) is 0.177. The molecule has 0 spiro atoms. The second-order valence-corrected chi connectivity index (χ2v) is 10.0. The van der Waals surface area contributed by atoms with Gasteiger partial charge in [0.25, 0.3) is 0 Å². The van der Waals surface area contributed by atoms with E-state index in [9.17, 15) is 4.79 Å².